The molecule has 24 heavy (non-hydrogen) atoms. The molecule has 124 valence electrons. The molecule has 6 nitrogen and oxygen atoms in total. The summed E-state index contributed by atoms with van der Waals surface area (Å²) in [4.78, 5) is 12.4. The third-order valence-electron chi connectivity index (χ3n) is 3.36. The number of hydrogen-bond acceptors (Lipinski definition) is 6. The largest absolute Gasteiger partial charge is 0.497 e. The molecule has 0 spiro atoms. The Hall–Kier alpha value is -3.20. The predicted molar refractivity (Wildman–Crippen MR) is 87.1 cm³/mol. The van der Waals surface area contributed by atoms with Crippen molar-refractivity contribution in [3.8, 4) is 29.1 Å². The Morgan fingerprint density at radius 2 is 1.71 bits per heavy atom. The van der Waals surface area contributed by atoms with Crippen molar-refractivity contribution < 1.29 is 23.7 Å². The first kappa shape index (κ1) is 17.2. The van der Waals surface area contributed by atoms with Crippen LogP contribution in [0, 0.1) is 11.3 Å². The van der Waals surface area contributed by atoms with E-state index in [-0.39, 0.29) is 12.4 Å². The molecule has 0 radical (unpaired) electrons. The summed E-state index contributed by atoms with van der Waals surface area (Å²) in [7, 11) is 4.49. The third-order valence-corrected chi connectivity index (χ3v) is 3.36. The molecular weight excluding hydrogens is 310 g/mol. The lowest BCUT2D eigenvalue weighted by atomic mass is 10.1. The number of ketones is 1. The minimum atomic E-state index is -0.249. The molecule has 0 saturated carbocycles. The number of carbonyl (C=O) groups is 1. The van der Waals surface area contributed by atoms with E-state index < -0.39 is 0 Å². The van der Waals surface area contributed by atoms with Crippen molar-refractivity contribution in [1.29, 1.82) is 5.26 Å². The summed E-state index contributed by atoms with van der Waals surface area (Å²) >= 11 is 0. The molecule has 0 aromatic heterocycles. The molecule has 0 unspecified atom stereocenters. The molecule has 0 aliphatic carbocycles. The Kier molecular flexibility index (Phi) is 5.63. The van der Waals surface area contributed by atoms with Crippen molar-refractivity contribution in [1.82, 2.24) is 0 Å². The molecule has 0 saturated heterocycles. The van der Waals surface area contributed by atoms with E-state index >= 15 is 0 Å². The van der Waals surface area contributed by atoms with Crippen molar-refractivity contribution in [3.63, 3.8) is 0 Å². The second-order valence-electron chi connectivity index (χ2n) is 4.76. The number of hydrogen-bond donors (Lipinski definition) is 0. The highest BCUT2D eigenvalue weighted by Gasteiger charge is 2.15. The van der Waals surface area contributed by atoms with Gasteiger partial charge in [-0.25, -0.2) is 0 Å². The quantitative estimate of drug-likeness (QED) is 0.728. The summed E-state index contributed by atoms with van der Waals surface area (Å²) in [6.45, 7) is -0.190. The third kappa shape index (κ3) is 3.76. The molecule has 0 aliphatic rings. The highest BCUT2D eigenvalue weighted by Crippen LogP contribution is 2.29. The lowest BCUT2D eigenvalue weighted by Gasteiger charge is -2.12. The van der Waals surface area contributed by atoms with E-state index in [2.05, 4.69) is 0 Å². The number of Topliss-reactive ketones (excluding diaryl/α,β-unsaturated/α-hetero) is 1. The van der Waals surface area contributed by atoms with E-state index in [0.717, 1.165) is 0 Å². The molecule has 2 aromatic rings. The second kappa shape index (κ2) is 7.88. The van der Waals surface area contributed by atoms with Crippen LogP contribution in [-0.4, -0.2) is 33.7 Å². The summed E-state index contributed by atoms with van der Waals surface area (Å²) in [5, 5.41) is 8.89. The van der Waals surface area contributed by atoms with Crippen LogP contribution in [0.5, 0.6) is 23.0 Å². The van der Waals surface area contributed by atoms with E-state index in [1.54, 1.807) is 36.4 Å². The summed E-state index contributed by atoms with van der Waals surface area (Å²) in [6.07, 6.45) is 0. The zero-order valence-corrected chi connectivity index (χ0v) is 13.7. The number of nitrogens with zero attached hydrogens (tertiary/aromatic N) is 1. The maximum absolute atomic E-state index is 12.4. The molecule has 0 heterocycles. The molecule has 0 aliphatic heterocycles. The second-order valence-corrected chi connectivity index (χ2v) is 4.76. The maximum atomic E-state index is 12.4. The first-order valence-electron chi connectivity index (χ1n) is 7.09. The van der Waals surface area contributed by atoms with Crippen LogP contribution >= 0.6 is 0 Å². The Balaban J connectivity index is 2.15. The van der Waals surface area contributed by atoms with Crippen LogP contribution in [0.15, 0.2) is 36.4 Å². The SMILES string of the molecule is COc1ccc(C(=O)COc2ccc(C#N)cc2OC)c(OC)c1. The number of rotatable bonds is 7. The molecule has 6 heteroatoms. The van der Waals surface area contributed by atoms with Crippen molar-refractivity contribution in [2.45, 2.75) is 0 Å². The molecule has 0 fully saturated rings. The van der Waals surface area contributed by atoms with Gasteiger partial charge in [0.1, 0.15) is 11.5 Å². The van der Waals surface area contributed by atoms with E-state index in [4.69, 9.17) is 24.2 Å². The molecule has 0 N–H and O–H groups in total. The van der Waals surface area contributed by atoms with Crippen LogP contribution in [-0.2, 0) is 0 Å². The van der Waals surface area contributed by atoms with Crippen LogP contribution in [0.4, 0.5) is 0 Å². The number of carbonyl (C=O) groups excluding carboxylic acids is 1. The minimum Gasteiger partial charge on any atom is -0.497 e. The Morgan fingerprint density at radius 3 is 2.33 bits per heavy atom. The fourth-order valence-corrected chi connectivity index (χ4v) is 2.11. The zero-order chi connectivity index (χ0) is 17.5. The first-order valence-corrected chi connectivity index (χ1v) is 7.09. The van der Waals surface area contributed by atoms with E-state index in [1.807, 2.05) is 6.07 Å². The Morgan fingerprint density at radius 1 is 0.958 bits per heavy atom. The van der Waals surface area contributed by atoms with Crippen LogP contribution in [0.3, 0.4) is 0 Å². The zero-order valence-electron chi connectivity index (χ0n) is 13.7. The minimum absolute atomic E-state index is 0.190. The average molecular weight is 327 g/mol. The molecule has 0 amide bonds. The fourth-order valence-electron chi connectivity index (χ4n) is 2.11. The molecule has 2 aromatic carbocycles. The molecule has 2 rings (SSSR count). The topological polar surface area (TPSA) is 77.8 Å². The Bertz CT molecular complexity index is 779. The van der Waals surface area contributed by atoms with Crippen molar-refractivity contribution >= 4 is 5.78 Å². The standard InChI is InChI=1S/C18H17NO5/c1-21-13-5-6-14(17(9-13)22-2)15(20)11-24-16-7-4-12(10-19)8-18(16)23-3/h4-9H,11H2,1-3H3. The van der Waals surface area contributed by atoms with Gasteiger partial charge >= 0.3 is 0 Å². The fraction of sp³-hybridized carbons (Fsp3) is 0.222. The summed E-state index contributed by atoms with van der Waals surface area (Å²) in [5.41, 5.74) is 0.841. The summed E-state index contributed by atoms with van der Waals surface area (Å²) in [6, 6.07) is 11.7. The number of ether oxygens (including phenoxy) is 4. The smallest absolute Gasteiger partial charge is 0.203 e. The lowest BCUT2D eigenvalue weighted by molar-refractivity contribution is 0.0916. The van der Waals surface area contributed by atoms with Gasteiger partial charge in [-0.2, -0.15) is 5.26 Å². The predicted octanol–water partition coefficient (Wildman–Crippen LogP) is 2.85. The van der Waals surface area contributed by atoms with Gasteiger partial charge in [-0.3, -0.25) is 4.79 Å². The first-order chi connectivity index (χ1) is 11.6. The summed E-state index contributed by atoms with van der Waals surface area (Å²) < 4.78 is 21.0. The van der Waals surface area contributed by atoms with Gasteiger partial charge in [0, 0.05) is 12.1 Å². The normalized spacial score (nSPS) is 9.75. The van der Waals surface area contributed by atoms with Gasteiger partial charge in [-0.15, -0.1) is 0 Å². The monoisotopic (exact) mass is 327 g/mol. The number of methoxy groups -OCH3 is 3. The van der Waals surface area contributed by atoms with Crippen LogP contribution < -0.4 is 18.9 Å². The summed E-state index contributed by atoms with van der Waals surface area (Å²) in [5.74, 6) is 1.54. The van der Waals surface area contributed by atoms with E-state index in [9.17, 15) is 4.79 Å². The average Bonchev–Trinajstić information content (AvgIpc) is 2.65. The van der Waals surface area contributed by atoms with E-state index in [1.165, 1.54) is 21.3 Å². The number of benzene rings is 2. The molecular formula is C18H17NO5. The lowest BCUT2D eigenvalue weighted by Crippen LogP contribution is -2.13. The highest BCUT2D eigenvalue weighted by atomic mass is 16.5. The number of nitriles is 1. The van der Waals surface area contributed by atoms with Gasteiger partial charge in [-0.05, 0) is 24.3 Å². The molecule has 0 atom stereocenters. The van der Waals surface area contributed by atoms with Crippen molar-refractivity contribution in [2.24, 2.45) is 0 Å². The van der Waals surface area contributed by atoms with Crippen molar-refractivity contribution in [2.75, 3.05) is 27.9 Å². The van der Waals surface area contributed by atoms with E-state index in [0.29, 0.717) is 34.1 Å². The van der Waals surface area contributed by atoms with Crippen LogP contribution in [0.1, 0.15) is 15.9 Å². The molecule has 0 bridgehead atoms. The van der Waals surface area contributed by atoms with Crippen LogP contribution in [0.2, 0.25) is 0 Å². The van der Waals surface area contributed by atoms with Gasteiger partial charge < -0.3 is 18.9 Å². The van der Waals surface area contributed by atoms with Gasteiger partial charge in [0.25, 0.3) is 0 Å². The van der Waals surface area contributed by atoms with Gasteiger partial charge in [0.05, 0.1) is 38.5 Å². The van der Waals surface area contributed by atoms with Gasteiger partial charge in [0.15, 0.2) is 18.1 Å². The van der Waals surface area contributed by atoms with Crippen molar-refractivity contribution in [3.05, 3.63) is 47.5 Å². The van der Waals surface area contributed by atoms with Gasteiger partial charge in [-0.1, -0.05) is 0 Å². The highest BCUT2D eigenvalue weighted by molar-refractivity contribution is 6.00. The Labute approximate surface area is 140 Å². The van der Waals surface area contributed by atoms with Crippen LogP contribution in [0.25, 0.3) is 0 Å². The van der Waals surface area contributed by atoms with Gasteiger partial charge in [0.2, 0.25) is 5.78 Å². The maximum Gasteiger partial charge on any atom is 0.203 e.